The number of aromatic nitrogens is 3. The smallest absolute Gasteiger partial charge is 0.384 e. The highest BCUT2D eigenvalue weighted by molar-refractivity contribution is 6.31. The van der Waals surface area contributed by atoms with Gasteiger partial charge in [0.05, 0.1) is 5.52 Å². The van der Waals surface area contributed by atoms with Crippen molar-refractivity contribution in [3.8, 4) is 0 Å². The van der Waals surface area contributed by atoms with E-state index in [1.807, 2.05) is 24.3 Å². The molecule has 186 valence electrons. The molecule has 0 amide bonds. The number of nitrogens with one attached hydrogen (secondary N) is 1. The zero-order chi connectivity index (χ0) is 25.3. The van der Waals surface area contributed by atoms with Crippen molar-refractivity contribution in [1.29, 1.82) is 0 Å². The number of anilines is 3. The Morgan fingerprint density at radius 1 is 0.972 bits per heavy atom. The third-order valence-electron chi connectivity index (χ3n) is 6.78. The Hall–Kier alpha value is -3.59. The lowest BCUT2D eigenvalue weighted by molar-refractivity contribution is -0.140. The predicted molar refractivity (Wildman–Crippen MR) is 136 cm³/mol. The van der Waals surface area contributed by atoms with Crippen LogP contribution in [0.25, 0.3) is 10.9 Å². The van der Waals surface area contributed by atoms with Gasteiger partial charge < -0.3 is 16.0 Å². The number of alkyl halides is 3. The Labute approximate surface area is 211 Å². The first-order chi connectivity index (χ1) is 17.2. The number of rotatable bonds is 5. The molecule has 5 rings (SSSR count). The van der Waals surface area contributed by atoms with Gasteiger partial charge >= 0.3 is 6.18 Å². The van der Waals surface area contributed by atoms with Gasteiger partial charge in [-0.1, -0.05) is 41.9 Å². The molecular formula is C26H24ClF3N6. The van der Waals surface area contributed by atoms with E-state index in [0.29, 0.717) is 41.5 Å². The zero-order valence-electron chi connectivity index (χ0n) is 19.3. The molecular weight excluding hydrogens is 489 g/mol. The topological polar surface area (TPSA) is 80.0 Å². The van der Waals surface area contributed by atoms with Crippen molar-refractivity contribution >= 4 is 39.8 Å². The SMILES string of the molecule is Nc1ccc(N2CCC(CNc3cc(C(F)(F)F)nc4ccc(Cl)cc34)(c3ccccc3)CC2)nn1. The summed E-state index contributed by atoms with van der Waals surface area (Å²) in [5, 5.41) is 12.5. The summed E-state index contributed by atoms with van der Waals surface area (Å²) < 4.78 is 40.8. The highest BCUT2D eigenvalue weighted by Crippen LogP contribution is 2.39. The van der Waals surface area contributed by atoms with Crippen molar-refractivity contribution < 1.29 is 13.2 Å². The highest BCUT2D eigenvalue weighted by atomic mass is 35.5. The Morgan fingerprint density at radius 2 is 1.72 bits per heavy atom. The monoisotopic (exact) mass is 512 g/mol. The van der Waals surface area contributed by atoms with E-state index >= 15 is 0 Å². The molecule has 3 heterocycles. The van der Waals surface area contributed by atoms with Gasteiger partial charge in [0.1, 0.15) is 11.5 Å². The largest absolute Gasteiger partial charge is 0.433 e. The lowest BCUT2D eigenvalue weighted by atomic mass is 9.72. The van der Waals surface area contributed by atoms with Crippen LogP contribution < -0.4 is 16.0 Å². The van der Waals surface area contributed by atoms with E-state index in [4.69, 9.17) is 17.3 Å². The fourth-order valence-corrected chi connectivity index (χ4v) is 4.95. The molecule has 1 aliphatic rings. The first kappa shape index (κ1) is 24.1. The van der Waals surface area contributed by atoms with E-state index in [0.717, 1.165) is 30.3 Å². The van der Waals surface area contributed by atoms with Crippen LogP contribution in [0.1, 0.15) is 24.1 Å². The Morgan fingerprint density at radius 3 is 2.39 bits per heavy atom. The first-order valence-electron chi connectivity index (χ1n) is 11.5. The summed E-state index contributed by atoms with van der Waals surface area (Å²) >= 11 is 6.17. The Balaban J connectivity index is 1.46. The zero-order valence-corrected chi connectivity index (χ0v) is 20.0. The number of hydrogen-bond acceptors (Lipinski definition) is 6. The molecule has 36 heavy (non-hydrogen) atoms. The predicted octanol–water partition coefficient (Wildman–Crippen LogP) is 5.93. The summed E-state index contributed by atoms with van der Waals surface area (Å²) in [6.45, 7) is 1.87. The van der Waals surface area contributed by atoms with E-state index < -0.39 is 11.9 Å². The van der Waals surface area contributed by atoms with Crippen LogP contribution in [0, 0.1) is 0 Å². The molecule has 0 spiro atoms. The van der Waals surface area contributed by atoms with Crippen molar-refractivity contribution in [3.05, 3.63) is 83.0 Å². The molecule has 4 aromatic rings. The van der Waals surface area contributed by atoms with Crippen molar-refractivity contribution in [2.75, 3.05) is 35.6 Å². The molecule has 0 saturated carbocycles. The van der Waals surface area contributed by atoms with Gasteiger partial charge in [0.25, 0.3) is 0 Å². The number of piperidine rings is 1. The maximum absolute atomic E-state index is 13.6. The van der Waals surface area contributed by atoms with Gasteiger partial charge in [-0.15, -0.1) is 10.2 Å². The molecule has 0 atom stereocenters. The molecule has 0 bridgehead atoms. The molecule has 0 aliphatic carbocycles. The first-order valence-corrected chi connectivity index (χ1v) is 11.9. The van der Waals surface area contributed by atoms with Crippen LogP contribution in [0.5, 0.6) is 0 Å². The van der Waals surface area contributed by atoms with E-state index in [1.165, 1.54) is 6.07 Å². The van der Waals surface area contributed by atoms with Crippen LogP contribution in [0.2, 0.25) is 5.02 Å². The van der Waals surface area contributed by atoms with Gasteiger partial charge in [0.15, 0.2) is 5.82 Å². The van der Waals surface area contributed by atoms with Gasteiger partial charge in [-0.25, -0.2) is 4.98 Å². The number of hydrogen-bond donors (Lipinski definition) is 2. The molecule has 0 radical (unpaired) electrons. The quantitative estimate of drug-likeness (QED) is 0.345. The summed E-state index contributed by atoms with van der Waals surface area (Å²) in [5.41, 5.74) is 6.16. The molecule has 3 N–H and O–H groups in total. The number of nitrogen functional groups attached to an aromatic ring is 1. The lowest BCUT2D eigenvalue weighted by Crippen LogP contribution is -2.46. The third kappa shape index (κ3) is 4.88. The average Bonchev–Trinajstić information content (AvgIpc) is 2.88. The molecule has 2 aromatic carbocycles. The fourth-order valence-electron chi connectivity index (χ4n) is 4.78. The van der Waals surface area contributed by atoms with Crippen molar-refractivity contribution in [1.82, 2.24) is 15.2 Å². The minimum absolute atomic E-state index is 0.238. The highest BCUT2D eigenvalue weighted by Gasteiger charge is 2.37. The third-order valence-corrected chi connectivity index (χ3v) is 7.02. The Kier molecular flexibility index (Phi) is 6.34. The van der Waals surface area contributed by atoms with Gasteiger partial charge in [0, 0.05) is 41.1 Å². The minimum atomic E-state index is -4.56. The fraction of sp³-hybridized carbons (Fsp3) is 0.269. The summed E-state index contributed by atoms with van der Waals surface area (Å²) in [6, 6.07) is 19.4. The number of halogens is 4. The van der Waals surface area contributed by atoms with Gasteiger partial charge in [-0.2, -0.15) is 13.2 Å². The van der Waals surface area contributed by atoms with Crippen molar-refractivity contribution in [2.24, 2.45) is 0 Å². The number of nitrogens with two attached hydrogens (primary N) is 1. The molecule has 2 aromatic heterocycles. The number of benzene rings is 2. The number of pyridine rings is 1. The van der Waals surface area contributed by atoms with Gasteiger partial charge in [-0.05, 0) is 54.8 Å². The second kappa shape index (κ2) is 9.46. The van der Waals surface area contributed by atoms with Crippen LogP contribution in [0.4, 0.5) is 30.5 Å². The van der Waals surface area contributed by atoms with Crippen LogP contribution in [-0.2, 0) is 11.6 Å². The van der Waals surface area contributed by atoms with Gasteiger partial charge in [0.2, 0.25) is 0 Å². The van der Waals surface area contributed by atoms with E-state index in [1.54, 1.807) is 18.2 Å². The van der Waals surface area contributed by atoms with Crippen LogP contribution >= 0.6 is 11.6 Å². The van der Waals surface area contributed by atoms with E-state index in [2.05, 4.69) is 37.5 Å². The second-order valence-electron chi connectivity index (χ2n) is 9.02. The summed E-state index contributed by atoms with van der Waals surface area (Å²) in [6.07, 6.45) is -3.02. The molecule has 6 nitrogen and oxygen atoms in total. The molecule has 1 fully saturated rings. The average molecular weight is 513 g/mol. The maximum Gasteiger partial charge on any atom is 0.433 e. The number of nitrogens with zero attached hydrogens (tertiary/aromatic N) is 4. The summed E-state index contributed by atoms with van der Waals surface area (Å²) in [4.78, 5) is 5.97. The normalized spacial score (nSPS) is 15.7. The van der Waals surface area contributed by atoms with Crippen LogP contribution in [0.3, 0.4) is 0 Å². The molecule has 1 aliphatic heterocycles. The van der Waals surface area contributed by atoms with Crippen molar-refractivity contribution in [3.63, 3.8) is 0 Å². The molecule has 10 heteroatoms. The Bertz CT molecular complexity index is 1350. The lowest BCUT2D eigenvalue weighted by Gasteiger charge is -2.43. The van der Waals surface area contributed by atoms with E-state index in [9.17, 15) is 13.2 Å². The molecule has 1 saturated heterocycles. The maximum atomic E-state index is 13.6. The summed E-state index contributed by atoms with van der Waals surface area (Å²) in [7, 11) is 0. The second-order valence-corrected chi connectivity index (χ2v) is 9.45. The van der Waals surface area contributed by atoms with E-state index in [-0.39, 0.29) is 10.9 Å². The molecule has 0 unspecified atom stereocenters. The van der Waals surface area contributed by atoms with Crippen LogP contribution in [0.15, 0.2) is 66.7 Å². The van der Waals surface area contributed by atoms with Crippen molar-refractivity contribution in [2.45, 2.75) is 24.4 Å². The van der Waals surface area contributed by atoms with Crippen LogP contribution in [-0.4, -0.2) is 34.8 Å². The van der Waals surface area contributed by atoms with Gasteiger partial charge in [-0.3, -0.25) is 0 Å². The summed E-state index contributed by atoms with van der Waals surface area (Å²) in [5.74, 6) is 1.12. The minimum Gasteiger partial charge on any atom is -0.384 e. The standard InChI is InChI=1S/C26H24ClF3N6/c27-18-6-7-20-19(14-18)21(15-22(33-20)26(28,29)30)32-16-25(17-4-2-1-3-5-17)10-12-36(13-11-25)24-9-8-23(31)34-35-24/h1-9,14-15H,10-13,16H2,(H2,31,34)(H,32,33). The number of fused-ring (bicyclic) bond motifs is 1.